The molecule has 1 N–H and O–H groups in total. The third-order valence-corrected chi connectivity index (χ3v) is 4.25. The quantitative estimate of drug-likeness (QED) is 0.852. The molecule has 0 saturated carbocycles. The Labute approximate surface area is 128 Å². The average molecular weight is 305 g/mol. The largest absolute Gasteiger partial charge is 0.496 e. The minimum absolute atomic E-state index is 0.0545. The van der Waals surface area contributed by atoms with Crippen molar-refractivity contribution in [1.82, 2.24) is 4.98 Å². The number of aromatic nitrogens is 1. The monoisotopic (exact) mass is 305 g/mol. The number of aryl methyl sites for hydroxylation is 1. The van der Waals surface area contributed by atoms with E-state index in [0.29, 0.717) is 6.42 Å². The third kappa shape index (κ3) is 4.04. The second-order valence-corrected chi connectivity index (χ2v) is 5.95. The normalized spacial score (nSPS) is 10.6. The van der Waals surface area contributed by atoms with Crippen LogP contribution in [0.5, 0.6) is 5.75 Å². The van der Waals surface area contributed by atoms with Gasteiger partial charge >= 0.3 is 5.97 Å². The lowest BCUT2D eigenvalue weighted by atomic mass is 10.1. The number of carbonyl (C=O) groups is 1. The van der Waals surface area contributed by atoms with E-state index in [0.717, 1.165) is 39.7 Å². The number of benzene rings is 1. The van der Waals surface area contributed by atoms with Gasteiger partial charge in [-0.2, -0.15) is 0 Å². The predicted octanol–water partition coefficient (Wildman–Crippen LogP) is 3.32. The third-order valence-electron chi connectivity index (χ3n) is 3.16. The highest BCUT2D eigenvalue weighted by atomic mass is 32.1. The van der Waals surface area contributed by atoms with Gasteiger partial charge in [0.05, 0.1) is 24.2 Å². The van der Waals surface area contributed by atoms with Crippen LogP contribution in [0.25, 0.3) is 0 Å². The van der Waals surface area contributed by atoms with Gasteiger partial charge in [0.2, 0.25) is 0 Å². The van der Waals surface area contributed by atoms with Crippen molar-refractivity contribution in [3.8, 4) is 5.75 Å². The lowest BCUT2D eigenvalue weighted by Crippen LogP contribution is -2.01. The highest BCUT2D eigenvalue weighted by molar-refractivity contribution is 7.11. The number of hydrogen-bond donors (Lipinski definition) is 1. The number of carboxylic acids is 1. The van der Waals surface area contributed by atoms with Gasteiger partial charge < -0.3 is 9.84 Å². The van der Waals surface area contributed by atoms with Gasteiger partial charge in [-0.1, -0.05) is 31.5 Å². The zero-order valence-electron chi connectivity index (χ0n) is 12.3. The van der Waals surface area contributed by atoms with Crippen LogP contribution in [0, 0.1) is 0 Å². The number of carboxylic acid groups (broad SMARTS) is 1. The summed E-state index contributed by atoms with van der Waals surface area (Å²) in [6, 6.07) is 7.84. The Bertz CT molecular complexity index is 622. The minimum Gasteiger partial charge on any atom is -0.496 e. The summed E-state index contributed by atoms with van der Waals surface area (Å²) in [5, 5.41) is 9.94. The fourth-order valence-electron chi connectivity index (χ4n) is 2.23. The van der Waals surface area contributed by atoms with Crippen LogP contribution in [-0.2, 0) is 24.1 Å². The zero-order chi connectivity index (χ0) is 15.2. The summed E-state index contributed by atoms with van der Waals surface area (Å²) >= 11 is 1.49. The summed E-state index contributed by atoms with van der Waals surface area (Å²) in [6.07, 6.45) is 2.51. The van der Waals surface area contributed by atoms with Crippen molar-refractivity contribution in [2.24, 2.45) is 0 Å². The van der Waals surface area contributed by atoms with Crippen LogP contribution < -0.4 is 4.74 Å². The summed E-state index contributed by atoms with van der Waals surface area (Å²) in [4.78, 5) is 16.4. The van der Waals surface area contributed by atoms with E-state index in [1.807, 2.05) is 24.3 Å². The van der Waals surface area contributed by atoms with Crippen LogP contribution in [-0.4, -0.2) is 23.2 Å². The molecule has 4 nitrogen and oxygen atoms in total. The summed E-state index contributed by atoms with van der Waals surface area (Å²) in [6.45, 7) is 2.07. The second-order valence-electron chi connectivity index (χ2n) is 4.79. The smallest absolute Gasteiger partial charge is 0.308 e. The molecule has 0 spiro atoms. The maximum atomic E-state index is 11.0. The number of rotatable bonds is 7. The van der Waals surface area contributed by atoms with Crippen molar-refractivity contribution in [1.29, 1.82) is 0 Å². The maximum Gasteiger partial charge on any atom is 0.308 e. The van der Waals surface area contributed by atoms with Crippen molar-refractivity contribution in [3.05, 3.63) is 45.4 Å². The van der Waals surface area contributed by atoms with Gasteiger partial charge in [-0.3, -0.25) is 4.79 Å². The van der Waals surface area contributed by atoms with Gasteiger partial charge in [-0.05, 0) is 12.5 Å². The molecular formula is C16H19NO3S. The van der Waals surface area contributed by atoms with Crippen LogP contribution >= 0.6 is 11.3 Å². The SMILES string of the molecule is CCCc1nc(Cc2ccccc2OC)sc1CC(=O)O. The van der Waals surface area contributed by atoms with Crippen molar-refractivity contribution in [2.45, 2.75) is 32.6 Å². The fraction of sp³-hybridized carbons (Fsp3) is 0.375. The summed E-state index contributed by atoms with van der Waals surface area (Å²) in [7, 11) is 1.65. The Morgan fingerprint density at radius 2 is 2.14 bits per heavy atom. The van der Waals surface area contributed by atoms with E-state index in [-0.39, 0.29) is 6.42 Å². The molecule has 0 bridgehead atoms. The molecule has 0 fully saturated rings. The first-order valence-electron chi connectivity index (χ1n) is 6.95. The zero-order valence-corrected chi connectivity index (χ0v) is 13.1. The van der Waals surface area contributed by atoms with Crippen molar-refractivity contribution in [2.75, 3.05) is 7.11 Å². The average Bonchev–Trinajstić information content (AvgIpc) is 2.81. The van der Waals surface area contributed by atoms with Crippen molar-refractivity contribution < 1.29 is 14.6 Å². The second kappa shape index (κ2) is 7.22. The minimum atomic E-state index is -0.806. The van der Waals surface area contributed by atoms with E-state index in [2.05, 4.69) is 11.9 Å². The van der Waals surface area contributed by atoms with Gasteiger partial charge in [0, 0.05) is 16.9 Å². The molecule has 0 aliphatic heterocycles. The number of nitrogens with zero attached hydrogens (tertiary/aromatic N) is 1. The van der Waals surface area contributed by atoms with Crippen molar-refractivity contribution in [3.63, 3.8) is 0 Å². The molecule has 0 unspecified atom stereocenters. The van der Waals surface area contributed by atoms with E-state index in [1.54, 1.807) is 7.11 Å². The van der Waals surface area contributed by atoms with E-state index >= 15 is 0 Å². The fourth-order valence-corrected chi connectivity index (χ4v) is 3.36. The Hall–Kier alpha value is -1.88. The molecule has 0 amide bonds. The molecule has 0 saturated heterocycles. The molecule has 0 atom stereocenters. The van der Waals surface area contributed by atoms with Crippen LogP contribution in [0.15, 0.2) is 24.3 Å². The van der Waals surface area contributed by atoms with Gasteiger partial charge in [-0.15, -0.1) is 11.3 Å². The molecule has 1 aromatic heterocycles. The predicted molar refractivity (Wildman–Crippen MR) is 83.2 cm³/mol. The number of thiazole rings is 1. The molecule has 1 aromatic carbocycles. The number of aliphatic carboxylic acids is 1. The molecule has 1 heterocycles. The Balaban J connectivity index is 2.25. The van der Waals surface area contributed by atoms with E-state index in [4.69, 9.17) is 9.84 Å². The first kappa shape index (κ1) is 15.5. The van der Waals surface area contributed by atoms with Crippen LogP contribution in [0.3, 0.4) is 0 Å². The highest BCUT2D eigenvalue weighted by Crippen LogP contribution is 2.26. The Morgan fingerprint density at radius 3 is 2.81 bits per heavy atom. The van der Waals surface area contributed by atoms with Gasteiger partial charge in [0.1, 0.15) is 5.75 Å². The standard InChI is InChI=1S/C16H19NO3S/c1-3-6-12-14(10-16(18)19)21-15(17-12)9-11-7-4-5-8-13(11)20-2/h4-5,7-8H,3,6,9-10H2,1-2H3,(H,18,19). The molecule has 2 rings (SSSR count). The van der Waals surface area contributed by atoms with Crippen molar-refractivity contribution >= 4 is 17.3 Å². The first-order valence-corrected chi connectivity index (χ1v) is 7.76. The summed E-state index contributed by atoms with van der Waals surface area (Å²) < 4.78 is 5.35. The lowest BCUT2D eigenvalue weighted by molar-refractivity contribution is -0.136. The summed E-state index contributed by atoms with van der Waals surface area (Å²) in [5.74, 6) is 0.0318. The van der Waals surface area contributed by atoms with E-state index in [9.17, 15) is 4.79 Å². The molecule has 0 radical (unpaired) electrons. The van der Waals surface area contributed by atoms with E-state index < -0.39 is 5.97 Å². The number of para-hydroxylation sites is 1. The topological polar surface area (TPSA) is 59.4 Å². The summed E-state index contributed by atoms with van der Waals surface area (Å²) in [5.41, 5.74) is 1.99. The molecule has 112 valence electrons. The number of methoxy groups -OCH3 is 1. The molecule has 21 heavy (non-hydrogen) atoms. The lowest BCUT2D eigenvalue weighted by Gasteiger charge is -2.05. The maximum absolute atomic E-state index is 11.0. The van der Waals surface area contributed by atoms with Crippen LogP contribution in [0.4, 0.5) is 0 Å². The molecule has 5 heteroatoms. The van der Waals surface area contributed by atoms with Gasteiger partial charge in [0.25, 0.3) is 0 Å². The molecule has 0 aliphatic carbocycles. The van der Waals surface area contributed by atoms with E-state index in [1.165, 1.54) is 11.3 Å². The Morgan fingerprint density at radius 1 is 1.38 bits per heavy atom. The molecule has 0 aliphatic rings. The first-order chi connectivity index (χ1) is 10.1. The van der Waals surface area contributed by atoms with Crippen LogP contribution in [0.2, 0.25) is 0 Å². The Kier molecular flexibility index (Phi) is 5.33. The molecule has 2 aromatic rings. The van der Waals surface area contributed by atoms with Gasteiger partial charge in [-0.25, -0.2) is 4.98 Å². The molecular weight excluding hydrogens is 286 g/mol. The van der Waals surface area contributed by atoms with Crippen LogP contribution in [0.1, 0.15) is 34.5 Å². The highest BCUT2D eigenvalue weighted by Gasteiger charge is 2.14. The number of hydrogen-bond acceptors (Lipinski definition) is 4. The number of ether oxygens (including phenoxy) is 1. The van der Waals surface area contributed by atoms with Gasteiger partial charge in [0.15, 0.2) is 0 Å².